The fourth-order valence-corrected chi connectivity index (χ4v) is 2.40. The van der Waals surface area contributed by atoms with Crippen molar-refractivity contribution in [1.29, 1.82) is 0 Å². The number of ether oxygens (including phenoxy) is 2. The topological polar surface area (TPSA) is 65.4 Å². The second-order valence-corrected chi connectivity index (χ2v) is 5.70. The number of methoxy groups -OCH3 is 1. The Bertz CT molecular complexity index is 682. The molecule has 0 spiro atoms. The first-order valence-corrected chi connectivity index (χ1v) is 8.15. The maximum absolute atomic E-state index is 12.4. The summed E-state index contributed by atoms with van der Waals surface area (Å²) in [6.45, 7) is 7.06. The van der Waals surface area contributed by atoms with Gasteiger partial charge in [0.15, 0.2) is 11.5 Å². The van der Waals surface area contributed by atoms with E-state index in [1.54, 1.807) is 13.3 Å². The van der Waals surface area contributed by atoms with Crippen LogP contribution in [0.2, 0.25) is 0 Å². The van der Waals surface area contributed by atoms with Gasteiger partial charge in [-0.05, 0) is 32.4 Å². The highest BCUT2D eigenvalue weighted by atomic mass is 16.5. The van der Waals surface area contributed by atoms with Crippen molar-refractivity contribution in [1.82, 2.24) is 15.1 Å². The lowest BCUT2D eigenvalue weighted by atomic mass is 10.2. The highest BCUT2D eigenvalue weighted by Crippen LogP contribution is 2.25. The van der Waals surface area contributed by atoms with E-state index in [2.05, 4.69) is 17.3 Å². The summed E-state index contributed by atoms with van der Waals surface area (Å²) in [6, 6.07) is 7.30. The third-order valence-corrected chi connectivity index (χ3v) is 3.72. The largest absolute Gasteiger partial charge is 0.493 e. The Morgan fingerprint density at radius 1 is 1.33 bits per heavy atom. The minimum absolute atomic E-state index is 0.133. The van der Waals surface area contributed by atoms with Crippen molar-refractivity contribution < 1.29 is 14.3 Å². The maximum Gasteiger partial charge on any atom is 0.255 e. The molecule has 0 aliphatic heterocycles. The van der Waals surface area contributed by atoms with Crippen LogP contribution in [0.3, 0.4) is 0 Å². The summed E-state index contributed by atoms with van der Waals surface area (Å²) in [4.78, 5) is 12.4. The smallest absolute Gasteiger partial charge is 0.255 e. The molecule has 1 aromatic heterocycles. The molecule has 0 aliphatic carbocycles. The molecule has 130 valence electrons. The van der Waals surface area contributed by atoms with Gasteiger partial charge in [0, 0.05) is 12.2 Å². The zero-order valence-corrected chi connectivity index (χ0v) is 14.7. The number of hydrogen-bond acceptors (Lipinski definition) is 4. The zero-order chi connectivity index (χ0) is 17.5. The summed E-state index contributed by atoms with van der Waals surface area (Å²) in [6.07, 6.45) is 2.60. The van der Waals surface area contributed by atoms with E-state index in [1.807, 2.05) is 42.8 Å². The Balaban J connectivity index is 1.92. The number of para-hydroxylation sites is 2. The summed E-state index contributed by atoms with van der Waals surface area (Å²) < 4.78 is 12.8. The number of aryl methyl sites for hydroxylation is 1. The Labute approximate surface area is 142 Å². The molecule has 1 heterocycles. The van der Waals surface area contributed by atoms with Gasteiger partial charge in [-0.3, -0.25) is 9.48 Å². The van der Waals surface area contributed by atoms with E-state index < -0.39 is 0 Å². The van der Waals surface area contributed by atoms with Gasteiger partial charge >= 0.3 is 0 Å². The molecular weight excluding hydrogens is 306 g/mol. The lowest BCUT2D eigenvalue weighted by molar-refractivity contribution is 0.0925. The standard InChI is InChI=1S/C18H25N3O3/c1-5-10-21-14(3)15(11-19-21)18(22)20-13(2)12-24-17-9-7-6-8-16(17)23-4/h6-9,11,13H,5,10,12H2,1-4H3,(H,20,22). The third-order valence-electron chi connectivity index (χ3n) is 3.72. The highest BCUT2D eigenvalue weighted by Gasteiger charge is 2.16. The lowest BCUT2D eigenvalue weighted by Gasteiger charge is -2.16. The van der Waals surface area contributed by atoms with Crippen LogP contribution >= 0.6 is 0 Å². The van der Waals surface area contributed by atoms with E-state index in [1.165, 1.54) is 0 Å². The van der Waals surface area contributed by atoms with Crippen molar-refractivity contribution in [3.63, 3.8) is 0 Å². The SMILES string of the molecule is CCCn1ncc(C(=O)NC(C)COc2ccccc2OC)c1C. The maximum atomic E-state index is 12.4. The molecule has 0 radical (unpaired) electrons. The van der Waals surface area contributed by atoms with Crippen molar-refractivity contribution in [2.45, 2.75) is 39.8 Å². The summed E-state index contributed by atoms with van der Waals surface area (Å²) in [7, 11) is 1.60. The summed E-state index contributed by atoms with van der Waals surface area (Å²) in [5, 5.41) is 7.20. The molecule has 1 aromatic carbocycles. The zero-order valence-electron chi connectivity index (χ0n) is 14.7. The van der Waals surface area contributed by atoms with Gasteiger partial charge in [-0.25, -0.2) is 0 Å². The molecule has 0 aliphatic rings. The molecule has 1 unspecified atom stereocenters. The number of rotatable bonds is 8. The minimum Gasteiger partial charge on any atom is -0.493 e. The van der Waals surface area contributed by atoms with E-state index in [0.29, 0.717) is 23.7 Å². The van der Waals surface area contributed by atoms with Crippen molar-refractivity contribution in [2.75, 3.05) is 13.7 Å². The van der Waals surface area contributed by atoms with E-state index in [9.17, 15) is 4.79 Å². The molecular formula is C18H25N3O3. The van der Waals surface area contributed by atoms with Gasteiger partial charge in [0.2, 0.25) is 0 Å². The van der Waals surface area contributed by atoms with Gasteiger partial charge in [0.05, 0.1) is 24.9 Å². The molecule has 1 amide bonds. The monoisotopic (exact) mass is 331 g/mol. The van der Waals surface area contributed by atoms with E-state index in [-0.39, 0.29) is 11.9 Å². The van der Waals surface area contributed by atoms with Crippen LogP contribution in [0.4, 0.5) is 0 Å². The fourth-order valence-electron chi connectivity index (χ4n) is 2.40. The predicted molar refractivity (Wildman–Crippen MR) is 92.7 cm³/mol. The van der Waals surface area contributed by atoms with Crippen LogP contribution in [-0.4, -0.2) is 35.4 Å². The Morgan fingerprint density at radius 3 is 2.71 bits per heavy atom. The van der Waals surface area contributed by atoms with Crippen molar-refractivity contribution in [2.24, 2.45) is 0 Å². The van der Waals surface area contributed by atoms with E-state index in [4.69, 9.17) is 9.47 Å². The fraction of sp³-hybridized carbons (Fsp3) is 0.444. The average Bonchev–Trinajstić information content (AvgIpc) is 2.94. The van der Waals surface area contributed by atoms with Gasteiger partial charge in [-0.2, -0.15) is 5.10 Å². The van der Waals surface area contributed by atoms with Gasteiger partial charge in [0.1, 0.15) is 6.61 Å². The van der Waals surface area contributed by atoms with Crippen molar-refractivity contribution >= 4 is 5.91 Å². The molecule has 6 nitrogen and oxygen atoms in total. The number of hydrogen-bond donors (Lipinski definition) is 1. The van der Waals surface area contributed by atoms with E-state index >= 15 is 0 Å². The van der Waals surface area contributed by atoms with E-state index in [0.717, 1.165) is 18.7 Å². The van der Waals surface area contributed by atoms with Crippen LogP contribution in [0.1, 0.15) is 36.3 Å². The number of nitrogens with one attached hydrogen (secondary N) is 1. The Kier molecular flexibility index (Phi) is 6.23. The number of nitrogens with zero attached hydrogens (tertiary/aromatic N) is 2. The molecule has 2 rings (SSSR count). The number of amides is 1. The highest BCUT2D eigenvalue weighted by molar-refractivity contribution is 5.95. The quantitative estimate of drug-likeness (QED) is 0.808. The first-order chi connectivity index (χ1) is 11.6. The van der Waals surface area contributed by atoms with Gasteiger partial charge in [-0.15, -0.1) is 0 Å². The second kappa shape index (κ2) is 8.38. The molecule has 24 heavy (non-hydrogen) atoms. The van der Waals surface area contributed by atoms with Crippen LogP contribution in [0.25, 0.3) is 0 Å². The first kappa shape index (κ1) is 17.8. The Hall–Kier alpha value is -2.50. The molecule has 0 saturated carbocycles. The first-order valence-electron chi connectivity index (χ1n) is 8.15. The van der Waals surface area contributed by atoms with Crippen LogP contribution in [-0.2, 0) is 6.54 Å². The van der Waals surface area contributed by atoms with Gasteiger partial charge in [0.25, 0.3) is 5.91 Å². The molecule has 0 saturated heterocycles. The van der Waals surface area contributed by atoms with Crippen LogP contribution in [0.15, 0.2) is 30.5 Å². The molecule has 6 heteroatoms. The molecule has 1 atom stereocenters. The molecule has 0 bridgehead atoms. The number of carbonyl (C=O) groups is 1. The third kappa shape index (κ3) is 4.28. The number of carbonyl (C=O) groups excluding carboxylic acids is 1. The van der Waals surface area contributed by atoms with Crippen LogP contribution < -0.4 is 14.8 Å². The second-order valence-electron chi connectivity index (χ2n) is 5.70. The molecule has 1 N–H and O–H groups in total. The molecule has 0 fully saturated rings. The van der Waals surface area contributed by atoms with Crippen molar-refractivity contribution in [3.8, 4) is 11.5 Å². The van der Waals surface area contributed by atoms with Crippen LogP contribution in [0, 0.1) is 6.92 Å². The summed E-state index contributed by atoms with van der Waals surface area (Å²) in [5.74, 6) is 1.20. The normalized spacial score (nSPS) is 11.8. The predicted octanol–water partition coefficient (Wildman–Crippen LogP) is 2.81. The molecule has 2 aromatic rings. The van der Waals surface area contributed by atoms with Crippen LogP contribution in [0.5, 0.6) is 11.5 Å². The summed E-state index contributed by atoms with van der Waals surface area (Å²) in [5.41, 5.74) is 1.49. The Morgan fingerprint density at radius 2 is 2.04 bits per heavy atom. The number of aromatic nitrogens is 2. The van der Waals surface area contributed by atoms with Gasteiger partial charge < -0.3 is 14.8 Å². The average molecular weight is 331 g/mol. The summed E-state index contributed by atoms with van der Waals surface area (Å²) >= 11 is 0. The number of benzene rings is 1. The van der Waals surface area contributed by atoms with Crippen molar-refractivity contribution in [3.05, 3.63) is 41.7 Å². The van der Waals surface area contributed by atoms with Gasteiger partial charge in [-0.1, -0.05) is 19.1 Å². The lowest BCUT2D eigenvalue weighted by Crippen LogP contribution is -2.37. The minimum atomic E-state index is -0.142.